The van der Waals surface area contributed by atoms with Gasteiger partial charge in [0.15, 0.2) is 0 Å². The van der Waals surface area contributed by atoms with E-state index in [4.69, 9.17) is 0 Å². The van der Waals surface area contributed by atoms with Crippen molar-refractivity contribution in [2.24, 2.45) is 0 Å². The van der Waals surface area contributed by atoms with Crippen LogP contribution in [0.5, 0.6) is 0 Å². The summed E-state index contributed by atoms with van der Waals surface area (Å²) in [6.07, 6.45) is 2.89. The van der Waals surface area contributed by atoms with Gasteiger partial charge in [0.25, 0.3) is 0 Å². The molecule has 0 aromatic heterocycles. The Morgan fingerprint density at radius 3 is 2.60 bits per heavy atom. The molecule has 1 aliphatic heterocycles. The molecule has 4 unspecified atom stereocenters. The van der Waals surface area contributed by atoms with Crippen LogP contribution in [0.25, 0.3) is 0 Å². The van der Waals surface area contributed by atoms with E-state index in [1.165, 1.54) is 28.6 Å². The highest BCUT2D eigenvalue weighted by molar-refractivity contribution is 7.40. The van der Waals surface area contributed by atoms with Crippen LogP contribution in [-0.2, 0) is 0 Å². The predicted molar refractivity (Wildman–Crippen MR) is 53.2 cm³/mol. The van der Waals surface area contributed by atoms with Gasteiger partial charge >= 0.3 is 0 Å². The second-order valence-corrected chi connectivity index (χ2v) is 5.87. The van der Waals surface area contributed by atoms with E-state index < -0.39 is 0 Å². The van der Waals surface area contributed by atoms with E-state index in [1.54, 1.807) is 0 Å². The molecule has 0 radical (unpaired) electrons. The lowest BCUT2D eigenvalue weighted by molar-refractivity contribution is 0.764. The van der Waals surface area contributed by atoms with Gasteiger partial charge in [-0.3, -0.25) is 0 Å². The van der Waals surface area contributed by atoms with Crippen LogP contribution in [0.3, 0.4) is 0 Å². The van der Waals surface area contributed by atoms with Crippen molar-refractivity contribution in [2.45, 2.75) is 50.6 Å². The second kappa shape index (κ2) is 3.76. The zero-order valence-electron chi connectivity index (χ0n) is 7.35. The van der Waals surface area contributed by atoms with Crippen molar-refractivity contribution in [1.29, 1.82) is 0 Å². The van der Waals surface area contributed by atoms with Crippen molar-refractivity contribution in [3.63, 3.8) is 0 Å². The van der Waals surface area contributed by atoms with Gasteiger partial charge in [0.2, 0.25) is 0 Å². The van der Waals surface area contributed by atoms with Crippen molar-refractivity contribution < 1.29 is 0 Å². The van der Waals surface area contributed by atoms with Gasteiger partial charge in [0, 0.05) is 0 Å². The van der Waals surface area contributed by atoms with Gasteiger partial charge in [-0.25, -0.2) is 0 Å². The lowest BCUT2D eigenvalue weighted by Gasteiger charge is -2.10. The Morgan fingerprint density at radius 2 is 2.20 bits per heavy atom. The summed E-state index contributed by atoms with van der Waals surface area (Å²) in [6, 6.07) is 0. The summed E-state index contributed by atoms with van der Waals surface area (Å²) in [5.41, 5.74) is 2.07. The molecule has 0 spiro atoms. The number of rotatable bonds is 2. The topological polar surface area (TPSA) is 0 Å². The standard InChI is InChI=1S/C8H18BP/c1-4-9-8-5-6(2)10-7(8)3/h6-10H,4-5H2,1-3H3. The molecule has 0 N–H and O–H groups in total. The molecular weight excluding hydrogens is 138 g/mol. The quantitative estimate of drug-likeness (QED) is 0.425. The molecule has 0 amide bonds. The largest absolute Gasteiger partial charge is 0.124 e. The van der Waals surface area contributed by atoms with Crippen molar-refractivity contribution in [3.8, 4) is 0 Å². The first kappa shape index (κ1) is 8.59. The molecule has 0 saturated carbocycles. The van der Waals surface area contributed by atoms with E-state index in [0.717, 1.165) is 17.1 Å². The third-order valence-electron chi connectivity index (χ3n) is 2.57. The zero-order valence-corrected chi connectivity index (χ0v) is 8.35. The third-order valence-corrected chi connectivity index (χ3v) is 4.37. The summed E-state index contributed by atoms with van der Waals surface area (Å²) in [4.78, 5) is 0. The lowest BCUT2D eigenvalue weighted by atomic mass is 9.60. The van der Waals surface area contributed by atoms with Crippen molar-refractivity contribution in [1.82, 2.24) is 0 Å². The molecule has 0 aromatic rings. The second-order valence-electron chi connectivity index (χ2n) is 3.64. The summed E-state index contributed by atoms with van der Waals surface area (Å²) in [7, 11) is 2.72. The molecule has 0 aliphatic carbocycles. The first-order chi connectivity index (χ1) is 4.74. The Bertz CT molecular complexity index is 105. The molecule has 4 atom stereocenters. The summed E-state index contributed by atoms with van der Waals surface area (Å²) < 4.78 is 0. The monoisotopic (exact) mass is 156 g/mol. The Labute approximate surface area is 67.2 Å². The van der Waals surface area contributed by atoms with Crippen molar-refractivity contribution in [2.75, 3.05) is 0 Å². The molecule has 1 heterocycles. The SMILES string of the molecule is CCBC1CC(C)PC1C. The van der Waals surface area contributed by atoms with Crippen LogP contribution < -0.4 is 0 Å². The van der Waals surface area contributed by atoms with E-state index in [1.807, 2.05) is 0 Å². The summed E-state index contributed by atoms with van der Waals surface area (Å²) in [5.74, 6) is 1.07. The minimum Gasteiger partial charge on any atom is -0.117 e. The van der Waals surface area contributed by atoms with Crippen LogP contribution in [0, 0.1) is 0 Å². The summed E-state index contributed by atoms with van der Waals surface area (Å²) >= 11 is 0. The lowest BCUT2D eigenvalue weighted by Crippen LogP contribution is -2.07. The van der Waals surface area contributed by atoms with Gasteiger partial charge < -0.3 is 0 Å². The third kappa shape index (κ3) is 1.99. The first-order valence-corrected chi connectivity index (χ1v) is 5.65. The van der Waals surface area contributed by atoms with E-state index in [0.29, 0.717) is 0 Å². The smallest absolute Gasteiger partial charge is 0.117 e. The Balaban J connectivity index is 2.31. The van der Waals surface area contributed by atoms with Crippen molar-refractivity contribution in [3.05, 3.63) is 0 Å². The molecule has 1 saturated heterocycles. The van der Waals surface area contributed by atoms with Crippen LogP contribution in [0.2, 0.25) is 12.1 Å². The normalized spacial score (nSPS) is 42.5. The maximum Gasteiger partial charge on any atom is 0.124 e. The van der Waals surface area contributed by atoms with Gasteiger partial charge in [0.05, 0.1) is 0 Å². The Kier molecular flexibility index (Phi) is 3.23. The highest BCUT2D eigenvalue weighted by Crippen LogP contribution is 2.46. The molecular formula is C8H18BP. The fraction of sp³-hybridized carbons (Fsp3) is 1.00. The minimum absolute atomic E-state index is 1.03. The molecule has 2 heteroatoms. The first-order valence-electron chi connectivity index (χ1n) is 4.50. The molecule has 1 aliphatic rings. The van der Waals surface area contributed by atoms with Gasteiger partial charge in [-0.1, -0.05) is 39.3 Å². The minimum atomic E-state index is 1.03. The Morgan fingerprint density at radius 1 is 1.50 bits per heavy atom. The van der Waals surface area contributed by atoms with Gasteiger partial charge in [-0.2, -0.15) is 0 Å². The number of hydrogen-bond donors (Lipinski definition) is 0. The molecule has 1 fully saturated rings. The molecule has 58 valence electrons. The van der Waals surface area contributed by atoms with Gasteiger partial charge in [0.1, 0.15) is 7.28 Å². The van der Waals surface area contributed by atoms with E-state index in [2.05, 4.69) is 20.8 Å². The van der Waals surface area contributed by atoms with Crippen LogP contribution in [0.15, 0.2) is 0 Å². The van der Waals surface area contributed by atoms with Crippen LogP contribution in [-0.4, -0.2) is 18.6 Å². The molecule has 0 aromatic carbocycles. The average Bonchev–Trinajstić information content (AvgIpc) is 2.13. The van der Waals surface area contributed by atoms with Crippen LogP contribution in [0.1, 0.15) is 27.2 Å². The summed E-state index contributed by atoms with van der Waals surface area (Å²) in [6.45, 7) is 7.14. The highest BCUT2D eigenvalue weighted by Gasteiger charge is 2.27. The molecule has 0 bridgehead atoms. The van der Waals surface area contributed by atoms with Crippen LogP contribution in [0.4, 0.5) is 0 Å². The molecule has 10 heavy (non-hydrogen) atoms. The zero-order chi connectivity index (χ0) is 7.56. The highest BCUT2D eigenvalue weighted by atomic mass is 31.1. The summed E-state index contributed by atoms with van der Waals surface area (Å²) in [5, 5.41) is 0. The fourth-order valence-corrected chi connectivity index (χ4v) is 3.96. The van der Waals surface area contributed by atoms with Gasteiger partial charge in [-0.15, -0.1) is 8.58 Å². The molecule has 0 nitrogen and oxygen atoms in total. The fourth-order valence-electron chi connectivity index (χ4n) is 2.05. The maximum absolute atomic E-state index is 2.43. The van der Waals surface area contributed by atoms with Crippen molar-refractivity contribution >= 4 is 15.9 Å². The van der Waals surface area contributed by atoms with E-state index in [9.17, 15) is 0 Å². The molecule has 1 rings (SSSR count). The average molecular weight is 156 g/mol. The Hall–Kier alpha value is 0.495. The van der Waals surface area contributed by atoms with E-state index >= 15 is 0 Å². The van der Waals surface area contributed by atoms with Crippen LogP contribution >= 0.6 is 8.58 Å². The van der Waals surface area contributed by atoms with E-state index in [-0.39, 0.29) is 0 Å². The number of hydrogen-bond acceptors (Lipinski definition) is 0. The van der Waals surface area contributed by atoms with Gasteiger partial charge in [-0.05, 0) is 11.3 Å². The maximum atomic E-state index is 2.43. The predicted octanol–water partition coefficient (Wildman–Crippen LogP) is 2.51.